The van der Waals surface area contributed by atoms with Gasteiger partial charge in [-0.15, -0.1) is 0 Å². The van der Waals surface area contributed by atoms with E-state index < -0.39 is 5.97 Å². The van der Waals surface area contributed by atoms with Crippen molar-refractivity contribution >= 4 is 5.97 Å². The van der Waals surface area contributed by atoms with Gasteiger partial charge in [0.2, 0.25) is 0 Å². The van der Waals surface area contributed by atoms with Crippen LogP contribution in [0.15, 0.2) is 24.3 Å². The molecule has 0 atom stereocenters. The molecule has 0 radical (unpaired) electrons. The molecular formula is C12H21NO2. The maximum Gasteiger partial charge on any atom is 0.328 e. The smallest absolute Gasteiger partial charge is 0.328 e. The van der Waals surface area contributed by atoms with Crippen LogP contribution >= 0.6 is 0 Å². The minimum atomic E-state index is -0.901. The van der Waals surface area contributed by atoms with Gasteiger partial charge in [-0.1, -0.05) is 37.5 Å². The quantitative estimate of drug-likeness (QED) is 0.350. The number of rotatable bonds is 9. The average molecular weight is 211 g/mol. The zero-order valence-electron chi connectivity index (χ0n) is 9.19. The van der Waals surface area contributed by atoms with E-state index in [0.717, 1.165) is 25.5 Å². The highest BCUT2D eigenvalue weighted by Crippen LogP contribution is 2.05. The van der Waals surface area contributed by atoms with Gasteiger partial charge in [-0.25, -0.2) is 4.79 Å². The number of carboxylic acid groups (broad SMARTS) is 1. The molecule has 86 valence electrons. The molecule has 3 nitrogen and oxygen atoms in total. The van der Waals surface area contributed by atoms with Gasteiger partial charge in [0.1, 0.15) is 0 Å². The van der Waals surface area contributed by atoms with E-state index in [1.165, 1.54) is 25.7 Å². The maximum atomic E-state index is 10.1. The van der Waals surface area contributed by atoms with Gasteiger partial charge in [0.15, 0.2) is 0 Å². The number of nitrogens with two attached hydrogens (primary N) is 1. The van der Waals surface area contributed by atoms with Crippen molar-refractivity contribution in [2.45, 2.75) is 38.5 Å². The summed E-state index contributed by atoms with van der Waals surface area (Å²) in [5.74, 6) is -0.901. The lowest BCUT2D eigenvalue weighted by Gasteiger charge is -1.97. The molecule has 0 fully saturated rings. The summed E-state index contributed by atoms with van der Waals surface area (Å²) in [7, 11) is 0. The Hall–Kier alpha value is -1.09. The SMILES string of the molecule is NCCCCCCCC=CC=CC(=O)O. The van der Waals surface area contributed by atoms with E-state index in [1.807, 2.05) is 6.08 Å². The second kappa shape index (κ2) is 11.0. The van der Waals surface area contributed by atoms with Crippen LogP contribution in [0.25, 0.3) is 0 Å². The summed E-state index contributed by atoms with van der Waals surface area (Å²) in [6.07, 6.45) is 13.5. The number of allylic oxidation sites excluding steroid dienone is 3. The molecular weight excluding hydrogens is 190 g/mol. The molecule has 0 aromatic carbocycles. The van der Waals surface area contributed by atoms with Gasteiger partial charge >= 0.3 is 5.97 Å². The van der Waals surface area contributed by atoms with Gasteiger partial charge in [0, 0.05) is 6.08 Å². The molecule has 0 aliphatic rings. The van der Waals surface area contributed by atoms with Crippen LogP contribution in [0.5, 0.6) is 0 Å². The molecule has 0 aliphatic heterocycles. The fourth-order valence-electron chi connectivity index (χ4n) is 1.25. The van der Waals surface area contributed by atoms with Crippen molar-refractivity contribution in [3.05, 3.63) is 24.3 Å². The first-order chi connectivity index (χ1) is 7.27. The largest absolute Gasteiger partial charge is 0.478 e. The number of aliphatic carboxylic acids is 1. The lowest BCUT2D eigenvalue weighted by atomic mass is 10.1. The topological polar surface area (TPSA) is 63.3 Å². The minimum Gasteiger partial charge on any atom is -0.478 e. The first kappa shape index (κ1) is 13.9. The molecule has 0 aromatic heterocycles. The summed E-state index contributed by atoms with van der Waals surface area (Å²) < 4.78 is 0. The predicted molar refractivity (Wildman–Crippen MR) is 62.7 cm³/mol. The van der Waals surface area contributed by atoms with Crippen LogP contribution in [0.3, 0.4) is 0 Å². The van der Waals surface area contributed by atoms with E-state index in [9.17, 15) is 4.79 Å². The van der Waals surface area contributed by atoms with Crippen molar-refractivity contribution in [3.63, 3.8) is 0 Å². The van der Waals surface area contributed by atoms with Crippen molar-refractivity contribution in [1.82, 2.24) is 0 Å². The summed E-state index contributed by atoms with van der Waals surface area (Å²) in [6, 6.07) is 0. The van der Waals surface area contributed by atoms with Crippen LogP contribution in [0, 0.1) is 0 Å². The van der Waals surface area contributed by atoms with Crippen LogP contribution < -0.4 is 5.73 Å². The molecule has 0 spiro atoms. The zero-order valence-corrected chi connectivity index (χ0v) is 9.19. The van der Waals surface area contributed by atoms with Gasteiger partial charge in [-0.05, 0) is 25.8 Å². The Morgan fingerprint density at radius 3 is 2.40 bits per heavy atom. The standard InChI is InChI=1S/C12H21NO2/c13-11-9-7-5-3-1-2-4-6-8-10-12(14)15/h4,6,8,10H,1-3,5,7,9,11,13H2,(H,14,15). The Bertz CT molecular complexity index is 210. The molecule has 15 heavy (non-hydrogen) atoms. The van der Waals surface area contributed by atoms with Gasteiger partial charge in [-0.3, -0.25) is 0 Å². The van der Waals surface area contributed by atoms with Gasteiger partial charge in [-0.2, -0.15) is 0 Å². The Morgan fingerprint density at radius 1 is 1.07 bits per heavy atom. The van der Waals surface area contributed by atoms with Crippen molar-refractivity contribution in [2.75, 3.05) is 6.54 Å². The van der Waals surface area contributed by atoms with Gasteiger partial charge in [0.05, 0.1) is 0 Å². The summed E-state index contributed by atoms with van der Waals surface area (Å²) in [5, 5.41) is 8.31. The monoisotopic (exact) mass is 211 g/mol. The molecule has 0 rings (SSSR count). The van der Waals surface area contributed by atoms with E-state index >= 15 is 0 Å². The zero-order chi connectivity index (χ0) is 11.4. The lowest BCUT2D eigenvalue weighted by molar-refractivity contribution is -0.131. The summed E-state index contributed by atoms with van der Waals surface area (Å²) in [6.45, 7) is 0.792. The van der Waals surface area contributed by atoms with E-state index in [2.05, 4.69) is 0 Å². The Morgan fingerprint density at radius 2 is 1.73 bits per heavy atom. The number of unbranched alkanes of at least 4 members (excludes halogenated alkanes) is 5. The highest BCUT2D eigenvalue weighted by atomic mass is 16.4. The molecule has 0 aliphatic carbocycles. The molecule has 0 saturated heterocycles. The van der Waals surface area contributed by atoms with E-state index in [4.69, 9.17) is 10.8 Å². The molecule has 0 saturated carbocycles. The van der Waals surface area contributed by atoms with Gasteiger partial charge < -0.3 is 10.8 Å². The van der Waals surface area contributed by atoms with Crippen LogP contribution in [0.2, 0.25) is 0 Å². The van der Waals surface area contributed by atoms with E-state index in [0.29, 0.717) is 0 Å². The highest BCUT2D eigenvalue weighted by Gasteiger charge is 1.87. The molecule has 3 heteroatoms. The van der Waals surface area contributed by atoms with Crippen LogP contribution in [0.1, 0.15) is 38.5 Å². The number of carbonyl (C=O) groups is 1. The molecule has 0 bridgehead atoms. The highest BCUT2D eigenvalue weighted by molar-refractivity contribution is 5.80. The van der Waals surface area contributed by atoms with Crippen LogP contribution in [-0.2, 0) is 4.79 Å². The fraction of sp³-hybridized carbons (Fsp3) is 0.583. The fourth-order valence-corrected chi connectivity index (χ4v) is 1.25. The summed E-state index contributed by atoms with van der Waals surface area (Å²) in [5.41, 5.74) is 5.38. The molecule has 0 heterocycles. The second-order valence-electron chi connectivity index (χ2n) is 3.47. The van der Waals surface area contributed by atoms with Crippen LogP contribution in [0.4, 0.5) is 0 Å². The summed E-state index contributed by atoms with van der Waals surface area (Å²) >= 11 is 0. The predicted octanol–water partition coefficient (Wildman–Crippen LogP) is 2.48. The molecule has 0 aromatic rings. The minimum absolute atomic E-state index is 0.792. The first-order valence-corrected chi connectivity index (χ1v) is 5.53. The third-order valence-corrected chi connectivity index (χ3v) is 2.06. The lowest BCUT2D eigenvalue weighted by Crippen LogP contribution is -1.97. The number of hydrogen-bond acceptors (Lipinski definition) is 2. The third kappa shape index (κ3) is 12.9. The Kier molecular flexibility index (Phi) is 10.2. The van der Waals surface area contributed by atoms with Crippen molar-refractivity contribution < 1.29 is 9.90 Å². The first-order valence-electron chi connectivity index (χ1n) is 5.53. The second-order valence-corrected chi connectivity index (χ2v) is 3.47. The normalized spacial score (nSPS) is 11.5. The third-order valence-electron chi connectivity index (χ3n) is 2.06. The average Bonchev–Trinajstić information content (AvgIpc) is 2.20. The van der Waals surface area contributed by atoms with E-state index in [1.54, 1.807) is 12.2 Å². The van der Waals surface area contributed by atoms with E-state index in [-0.39, 0.29) is 0 Å². The molecule has 0 unspecified atom stereocenters. The Labute approximate surface area is 91.7 Å². The number of carboxylic acids is 1. The van der Waals surface area contributed by atoms with Gasteiger partial charge in [0.25, 0.3) is 0 Å². The van der Waals surface area contributed by atoms with Crippen molar-refractivity contribution in [1.29, 1.82) is 0 Å². The van der Waals surface area contributed by atoms with Crippen molar-refractivity contribution in [2.24, 2.45) is 5.73 Å². The summed E-state index contributed by atoms with van der Waals surface area (Å²) in [4.78, 5) is 10.1. The Balaban J connectivity index is 3.20. The molecule has 3 N–H and O–H groups in total. The van der Waals surface area contributed by atoms with Crippen molar-refractivity contribution in [3.8, 4) is 0 Å². The van der Waals surface area contributed by atoms with Crippen LogP contribution in [-0.4, -0.2) is 17.6 Å². The molecule has 0 amide bonds. The maximum absolute atomic E-state index is 10.1. The number of hydrogen-bond donors (Lipinski definition) is 2.